The standard InChI is InChI=1S/C17H21NO3S/c1-3-7-15(19)12(2)16(20)18-14(11-21-17(18)22)10-13-8-5-4-6-9-13/h3-9,12,14-15,19H,10-11H2,1-2H3/b7-3+/t12-,14-,15-/m0/s1. The topological polar surface area (TPSA) is 49.8 Å². The zero-order valence-electron chi connectivity index (χ0n) is 12.8. The van der Waals surface area contributed by atoms with Crippen LogP contribution in [0.15, 0.2) is 42.5 Å². The Balaban J connectivity index is 2.12. The highest BCUT2D eigenvalue weighted by Gasteiger charge is 2.38. The molecule has 4 nitrogen and oxygen atoms in total. The minimum absolute atomic E-state index is 0.123. The molecule has 1 heterocycles. The molecule has 0 aliphatic carbocycles. The summed E-state index contributed by atoms with van der Waals surface area (Å²) in [7, 11) is 0. The van der Waals surface area contributed by atoms with E-state index in [1.807, 2.05) is 37.3 Å². The molecule has 22 heavy (non-hydrogen) atoms. The van der Waals surface area contributed by atoms with E-state index in [-0.39, 0.29) is 17.1 Å². The molecule has 1 aromatic rings. The monoisotopic (exact) mass is 319 g/mol. The zero-order valence-corrected chi connectivity index (χ0v) is 13.6. The number of hydrogen-bond acceptors (Lipinski definition) is 4. The molecule has 2 rings (SSSR count). The van der Waals surface area contributed by atoms with Crippen LogP contribution in [0.2, 0.25) is 0 Å². The maximum Gasteiger partial charge on any atom is 0.266 e. The Labute approximate surface area is 136 Å². The summed E-state index contributed by atoms with van der Waals surface area (Å²) >= 11 is 5.16. The summed E-state index contributed by atoms with van der Waals surface area (Å²) < 4.78 is 5.40. The predicted molar refractivity (Wildman–Crippen MR) is 89.3 cm³/mol. The second-order valence-electron chi connectivity index (χ2n) is 5.43. The van der Waals surface area contributed by atoms with Crippen LogP contribution in [0.25, 0.3) is 0 Å². The molecule has 1 fully saturated rings. The second kappa shape index (κ2) is 7.51. The maximum absolute atomic E-state index is 12.6. The second-order valence-corrected chi connectivity index (χ2v) is 5.78. The van der Waals surface area contributed by atoms with Crippen molar-refractivity contribution in [1.82, 2.24) is 4.90 Å². The van der Waals surface area contributed by atoms with E-state index in [9.17, 15) is 9.90 Å². The predicted octanol–water partition coefficient (Wildman–Crippen LogP) is 2.31. The molecule has 1 amide bonds. The number of allylic oxidation sites excluding steroid dienone is 1. The fourth-order valence-corrected chi connectivity index (χ4v) is 2.80. The van der Waals surface area contributed by atoms with Gasteiger partial charge in [0.15, 0.2) is 0 Å². The van der Waals surface area contributed by atoms with Crippen molar-refractivity contribution in [3.05, 3.63) is 48.0 Å². The lowest BCUT2D eigenvalue weighted by atomic mass is 10.0. The first kappa shape index (κ1) is 16.6. The quantitative estimate of drug-likeness (QED) is 0.668. The van der Waals surface area contributed by atoms with Gasteiger partial charge in [-0.2, -0.15) is 0 Å². The number of nitrogens with zero attached hydrogens (tertiary/aromatic N) is 1. The van der Waals surface area contributed by atoms with Gasteiger partial charge in [-0.3, -0.25) is 9.69 Å². The van der Waals surface area contributed by atoms with Gasteiger partial charge in [-0.1, -0.05) is 49.4 Å². The van der Waals surface area contributed by atoms with Gasteiger partial charge < -0.3 is 9.84 Å². The number of rotatable bonds is 5. The highest BCUT2D eigenvalue weighted by Crippen LogP contribution is 2.21. The van der Waals surface area contributed by atoms with E-state index in [1.54, 1.807) is 19.1 Å². The maximum atomic E-state index is 12.6. The summed E-state index contributed by atoms with van der Waals surface area (Å²) in [6.07, 6.45) is 3.20. The van der Waals surface area contributed by atoms with Crippen LogP contribution in [-0.4, -0.2) is 39.8 Å². The molecule has 0 bridgehead atoms. The van der Waals surface area contributed by atoms with Gasteiger partial charge in [-0.05, 0) is 31.1 Å². The number of aliphatic hydroxyl groups is 1. The van der Waals surface area contributed by atoms with Crippen molar-refractivity contribution in [1.29, 1.82) is 0 Å². The Kier molecular flexibility index (Phi) is 5.69. The van der Waals surface area contributed by atoms with Crippen molar-refractivity contribution in [2.45, 2.75) is 32.4 Å². The number of carbonyl (C=O) groups is 1. The summed E-state index contributed by atoms with van der Waals surface area (Å²) in [5, 5.41) is 10.2. The van der Waals surface area contributed by atoms with Crippen LogP contribution < -0.4 is 0 Å². The van der Waals surface area contributed by atoms with E-state index < -0.39 is 12.0 Å². The van der Waals surface area contributed by atoms with Crippen LogP contribution in [0.3, 0.4) is 0 Å². The van der Waals surface area contributed by atoms with Crippen molar-refractivity contribution in [3.8, 4) is 0 Å². The van der Waals surface area contributed by atoms with Crippen molar-refractivity contribution in [2.75, 3.05) is 6.61 Å². The molecular weight excluding hydrogens is 298 g/mol. The Hall–Kier alpha value is -1.72. The Morgan fingerprint density at radius 1 is 1.50 bits per heavy atom. The van der Waals surface area contributed by atoms with E-state index in [1.165, 1.54) is 4.90 Å². The Bertz CT molecular complexity index is 558. The number of benzene rings is 1. The highest BCUT2D eigenvalue weighted by molar-refractivity contribution is 7.80. The SMILES string of the molecule is C/C=C/[C@H](O)[C@H](C)C(=O)N1C(=S)OC[C@@H]1Cc1ccccc1. The summed E-state index contributed by atoms with van der Waals surface area (Å²) in [5.41, 5.74) is 1.13. The number of carbonyl (C=O) groups excluding carboxylic acids is 1. The third-order valence-corrected chi connectivity index (χ3v) is 4.12. The summed E-state index contributed by atoms with van der Waals surface area (Å²) in [6, 6.07) is 9.80. The molecule has 118 valence electrons. The van der Waals surface area contributed by atoms with Crippen molar-refractivity contribution in [3.63, 3.8) is 0 Å². The van der Waals surface area contributed by atoms with Gasteiger partial charge in [-0.25, -0.2) is 0 Å². The molecule has 0 saturated carbocycles. The molecule has 5 heteroatoms. The first-order valence-corrected chi connectivity index (χ1v) is 7.80. The van der Waals surface area contributed by atoms with Gasteiger partial charge in [-0.15, -0.1) is 0 Å². The molecule has 0 radical (unpaired) electrons. The lowest BCUT2D eigenvalue weighted by Crippen LogP contribution is -2.45. The van der Waals surface area contributed by atoms with E-state index in [0.29, 0.717) is 13.0 Å². The third-order valence-electron chi connectivity index (χ3n) is 3.80. The summed E-state index contributed by atoms with van der Waals surface area (Å²) in [5.74, 6) is -0.761. The Morgan fingerprint density at radius 2 is 2.18 bits per heavy atom. The largest absolute Gasteiger partial charge is 0.468 e. The van der Waals surface area contributed by atoms with Crippen molar-refractivity contribution >= 4 is 23.3 Å². The van der Waals surface area contributed by atoms with Gasteiger partial charge in [0.1, 0.15) is 6.61 Å². The zero-order chi connectivity index (χ0) is 16.1. The summed E-state index contributed by atoms with van der Waals surface area (Å²) in [6.45, 7) is 3.90. The molecule has 0 aromatic heterocycles. The normalized spacial score (nSPS) is 21.0. The van der Waals surface area contributed by atoms with Crippen LogP contribution in [0.1, 0.15) is 19.4 Å². The number of aliphatic hydroxyl groups excluding tert-OH is 1. The van der Waals surface area contributed by atoms with Crippen molar-refractivity contribution < 1.29 is 14.6 Å². The van der Waals surface area contributed by atoms with Gasteiger partial charge in [0, 0.05) is 0 Å². The smallest absolute Gasteiger partial charge is 0.266 e. The Morgan fingerprint density at radius 3 is 2.82 bits per heavy atom. The van der Waals surface area contributed by atoms with E-state index in [2.05, 4.69) is 0 Å². The number of amides is 1. The van der Waals surface area contributed by atoms with E-state index in [0.717, 1.165) is 5.56 Å². The van der Waals surface area contributed by atoms with Gasteiger partial charge in [0.25, 0.3) is 5.17 Å². The molecule has 1 aromatic carbocycles. The van der Waals surface area contributed by atoms with E-state index >= 15 is 0 Å². The first-order valence-electron chi connectivity index (χ1n) is 7.39. The molecule has 0 spiro atoms. The third kappa shape index (κ3) is 3.72. The number of thiocarbonyl (C=S) groups is 1. The van der Waals surface area contributed by atoms with Gasteiger partial charge in [0.05, 0.1) is 18.1 Å². The molecule has 3 atom stereocenters. The molecular formula is C17H21NO3S. The van der Waals surface area contributed by atoms with Crippen molar-refractivity contribution in [2.24, 2.45) is 5.92 Å². The molecule has 1 N–H and O–H groups in total. The van der Waals surface area contributed by atoms with Crippen LogP contribution in [0.5, 0.6) is 0 Å². The average Bonchev–Trinajstić information content (AvgIpc) is 2.87. The number of ether oxygens (including phenoxy) is 1. The van der Waals surface area contributed by atoms with Crippen LogP contribution in [0.4, 0.5) is 0 Å². The van der Waals surface area contributed by atoms with Crippen LogP contribution in [-0.2, 0) is 16.0 Å². The van der Waals surface area contributed by atoms with Crippen LogP contribution >= 0.6 is 12.2 Å². The molecule has 0 unspecified atom stereocenters. The fourth-order valence-electron chi connectivity index (χ4n) is 2.50. The lowest BCUT2D eigenvalue weighted by Gasteiger charge is -2.26. The molecule has 1 aliphatic rings. The molecule has 1 aliphatic heterocycles. The van der Waals surface area contributed by atoms with Crippen LogP contribution in [0, 0.1) is 5.92 Å². The first-order chi connectivity index (χ1) is 10.5. The lowest BCUT2D eigenvalue weighted by molar-refractivity contribution is -0.134. The van der Waals surface area contributed by atoms with Gasteiger partial charge >= 0.3 is 0 Å². The summed E-state index contributed by atoms with van der Waals surface area (Å²) in [4.78, 5) is 14.2. The fraction of sp³-hybridized carbons (Fsp3) is 0.412. The molecule has 1 saturated heterocycles. The minimum atomic E-state index is -0.821. The number of hydrogen-bond donors (Lipinski definition) is 1. The average molecular weight is 319 g/mol. The minimum Gasteiger partial charge on any atom is -0.468 e. The van der Waals surface area contributed by atoms with E-state index in [4.69, 9.17) is 17.0 Å². The highest BCUT2D eigenvalue weighted by atomic mass is 32.1. The van der Waals surface area contributed by atoms with Gasteiger partial charge in [0.2, 0.25) is 5.91 Å².